The summed E-state index contributed by atoms with van der Waals surface area (Å²) < 4.78 is 0. The monoisotopic (exact) mass is 213 g/mol. The number of rotatable bonds is 2. The molecule has 0 aliphatic carbocycles. The van der Waals surface area contributed by atoms with E-state index in [-0.39, 0.29) is 5.91 Å². The molecule has 1 aromatic heterocycles. The number of carbonyl (C=O) groups excluding carboxylic acids is 2. The first-order chi connectivity index (χ1) is 6.49. The third-order valence-corrected chi connectivity index (χ3v) is 2.99. The van der Waals surface area contributed by atoms with E-state index in [1.165, 1.54) is 7.05 Å². The van der Waals surface area contributed by atoms with Crippen molar-refractivity contribution in [3.05, 3.63) is 16.0 Å². The van der Waals surface area contributed by atoms with Gasteiger partial charge in [-0.25, -0.2) is 0 Å². The molecule has 2 amide bonds. The Kier molecular flexibility index (Phi) is 2.76. The number of hydrogen-bond acceptors (Lipinski definition) is 4. The molecule has 0 aliphatic heterocycles. The van der Waals surface area contributed by atoms with Gasteiger partial charge in [0.2, 0.25) is 0 Å². The Morgan fingerprint density at radius 2 is 2.00 bits per heavy atom. The number of thiophene rings is 1. The fraction of sp³-hybridized carbons (Fsp3) is 0.250. The molecule has 1 heterocycles. The van der Waals surface area contributed by atoms with Crippen LogP contribution in [-0.4, -0.2) is 18.9 Å². The molecule has 6 heteroatoms. The Bertz CT molecular complexity index is 398. The van der Waals surface area contributed by atoms with E-state index in [1.54, 1.807) is 6.92 Å². The second-order valence-electron chi connectivity index (χ2n) is 2.74. The summed E-state index contributed by atoms with van der Waals surface area (Å²) in [5.74, 6) is -0.863. The number of nitrogen functional groups attached to an aromatic ring is 1. The summed E-state index contributed by atoms with van der Waals surface area (Å²) >= 11 is 1.04. The highest BCUT2D eigenvalue weighted by molar-refractivity contribution is 7.18. The van der Waals surface area contributed by atoms with Crippen molar-refractivity contribution in [1.29, 1.82) is 0 Å². The molecule has 5 nitrogen and oxygen atoms in total. The highest BCUT2D eigenvalue weighted by atomic mass is 32.1. The van der Waals surface area contributed by atoms with E-state index < -0.39 is 5.91 Å². The van der Waals surface area contributed by atoms with Gasteiger partial charge in [-0.2, -0.15) is 0 Å². The number of amides is 2. The van der Waals surface area contributed by atoms with E-state index in [9.17, 15) is 9.59 Å². The van der Waals surface area contributed by atoms with Crippen LogP contribution in [0.1, 0.15) is 25.6 Å². The van der Waals surface area contributed by atoms with Crippen molar-refractivity contribution in [2.45, 2.75) is 6.92 Å². The van der Waals surface area contributed by atoms with Crippen LogP contribution in [0.3, 0.4) is 0 Å². The summed E-state index contributed by atoms with van der Waals surface area (Å²) in [4.78, 5) is 22.6. The lowest BCUT2D eigenvalue weighted by Crippen LogP contribution is -2.20. The zero-order valence-electron chi connectivity index (χ0n) is 7.88. The molecule has 1 rings (SSSR count). The molecule has 1 aromatic rings. The lowest BCUT2D eigenvalue weighted by atomic mass is 10.1. The maximum Gasteiger partial charge on any atom is 0.259 e. The third kappa shape index (κ3) is 1.56. The number of anilines is 1. The van der Waals surface area contributed by atoms with Crippen molar-refractivity contribution in [3.63, 3.8) is 0 Å². The fourth-order valence-electron chi connectivity index (χ4n) is 1.18. The van der Waals surface area contributed by atoms with Gasteiger partial charge in [-0.15, -0.1) is 11.3 Å². The zero-order chi connectivity index (χ0) is 10.9. The van der Waals surface area contributed by atoms with Gasteiger partial charge in [-0.1, -0.05) is 0 Å². The largest absolute Gasteiger partial charge is 0.390 e. The molecule has 0 aliphatic rings. The molecule has 0 atom stereocenters. The molecule has 0 spiro atoms. The second-order valence-corrected chi connectivity index (χ2v) is 3.79. The minimum Gasteiger partial charge on any atom is -0.390 e. The summed E-state index contributed by atoms with van der Waals surface area (Å²) in [5.41, 5.74) is 11.6. The first kappa shape index (κ1) is 10.5. The Morgan fingerprint density at radius 1 is 1.43 bits per heavy atom. The van der Waals surface area contributed by atoms with Crippen molar-refractivity contribution in [2.24, 2.45) is 5.73 Å². The molecular weight excluding hydrogens is 202 g/mol. The van der Waals surface area contributed by atoms with Crippen LogP contribution < -0.4 is 16.8 Å². The number of nitrogens with one attached hydrogen (secondary N) is 1. The third-order valence-electron chi connectivity index (χ3n) is 1.85. The Morgan fingerprint density at radius 3 is 2.36 bits per heavy atom. The lowest BCUT2D eigenvalue weighted by Gasteiger charge is -1.99. The van der Waals surface area contributed by atoms with Gasteiger partial charge in [0.05, 0.1) is 15.4 Å². The van der Waals surface area contributed by atoms with Crippen LogP contribution in [0.25, 0.3) is 0 Å². The van der Waals surface area contributed by atoms with Crippen LogP contribution in [0.15, 0.2) is 0 Å². The van der Waals surface area contributed by atoms with Gasteiger partial charge in [0.25, 0.3) is 11.8 Å². The SMILES string of the molecule is CNC(=O)c1c(N)sc(C(N)=O)c1C. The highest BCUT2D eigenvalue weighted by Crippen LogP contribution is 2.29. The molecule has 0 saturated heterocycles. The van der Waals surface area contributed by atoms with E-state index in [2.05, 4.69) is 5.32 Å². The van der Waals surface area contributed by atoms with Crippen LogP contribution in [0, 0.1) is 6.92 Å². The maximum atomic E-state index is 11.4. The summed E-state index contributed by atoms with van der Waals surface area (Å²) in [6.45, 7) is 1.65. The number of carbonyl (C=O) groups is 2. The van der Waals surface area contributed by atoms with Gasteiger partial charge in [0.15, 0.2) is 0 Å². The van der Waals surface area contributed by atoms with Crippen molar-refractivity contribution in [1.82, 2.24) is 5.32 Å². The lowest BCUT2D eigenvalue weighted by molar-refractivity contribution is 0.0963. The first-order valence-corrected chi connectivity index (χ1v) is 4.71. The van der Waals surface area contributed by atoms with Crippen molar-refractivity contribution in [3.8, 4) is 0 Å². The van der Waals surface area contributed by atoms with E-state index in [0.29, 0.717) is 21.0 Å². The quantitative estimate of drug-likeness (QED) is 0.649. The van der Waals surface area contributed by atoms with Crippen LogP contribution in [0.2, 0.25) is 0 Å². The fourth-order valence-corrected chi connectivity index (χ4v) is 2.10. The first-order valence-electron chi connectivity index (χ1n) is 3.89. The number of primary amides is 1. The summed E-state index contributed by atoms with van der Waals surface area (Å²) in [6, 6.07) is 0. The van der Waals surface area contributed by atoms with Crippen LogP contribution in [0.5, 0.6) is 0 Å². The van der Waals surface area contributed by atoms with Crippen molar-refractivity contribution < 1.29 is 9.59 Å². The van der Waals surface area contributed by atoms with Gasteiger partial charge < -0.3 is 16.8 Å². The predicted octanol–water partition coefficient (Wildman–Crippen LogP) is 0.0972. The van der Waals surface area contributed by atoms with Crippen LogP contribution >= 0.6 is 11.3 Å². The molecule has 0 radical (unpaired) electrons. The molecule has 14 heavy (non-hydrogen) atoms. The van der Waals surface area contributed by atoms with Gasteiger partial charge >= 0.3 is 0 Å². The summed E-state index contributed by atoms with van der Waals surface area (Å²) in [6.07, 6.45) is 0. The predicted molar refractivity (Wildman–Crippen MR) is 55.4 cm³/mol. The van der Waals surface area contributed by atoms with E-state index in [4.69, 9.17) is 11.5 Å². The van der Waals surface area contributed by atoms with Crippen LogP contribution in [0.4, 0.5) is 5.00 Å². The van der Waals surface area contributed by atoms with Gasteiger partial charge in [0.1, 0.15) is 0 Å². The molecular formula is C8H11N3O2S. The van der Waals surface area contributed by atoms with Gasteiger partial charge in [0, 0.05) is 7.05 Å². The molecule has 0 bridgehead atoms. The standard InChI is InChI=1S/C8H11N3O2S/c1-3-4(8(13)11-2)7(10)14-5(3)6(9)12/h10H2,1-2H3,(H2,9,12)(H,11,13). The molecule has 0 saturated carbocycles. The average Bonchev–Trinajstić information content (AvgIpc) is 2.41. The molecule has 5 N–H and O–H groups in total. The maximum absolute atomic E-state index is 11.4. The molecule has 0 fully saturated rings. The Labute approximate surface area is 85.1 Å². The molecule has 0 unspecified atom stereocenters. The molecule has 76 valence electrons. The average molecular weight is 213 g/mol. The normalized spacial score (nSPS) is 9.86. The molecule has 0 aromatic carbocycles. The van der Waals surface area contributed by atoms with Crippen molar-refractivity contribution >= 4 is 28.2 Å². The van der Waals surface area contributed by atoms with Crippen LogP contribution in [-0.2, 0) is 0 Å². The van der Waals surface area contributed by atoms with E-state index >= 15 is 0 Å². The minimum atomic E-state index is -0.561. The van der Waals surface area contributed by atoms with E-state index in [1.807, 2.05) is 0 Å². The number of hydrogen-bond donors (Lipinski definition) is 3. The minimum absolute atomic E-state index is 0.302. The van der Waals surface area contributed by atoms with Gasteiger partial charge in [-0.05, 0) is 12.5 Å². The second kappa shape index (κ2) is 3.67. The highest BCUT2D eigenvalue weighted by Gasteiger charge is 2.20. The summed E-state index contributed by atoms with van der Waals surface area (Å²) in [5, 5.41) is 2.77. The summed E-state index contributed by atoms with van der Waals surface area (Å²) in [7, 11) is 1.50. The Hall–Kier alpha value is -1.56. The number of nitrogens with two attached hydrogens (primary N) is 2. The Balaban J connectivity index is 3.31. The zero-order valence-corrected chi connectivity index (χ0v) is 8.70. The van der Waals surface area contributed by atoms with Gasteiger partial charge in [-0.3, -0.25) is 9.59 Å². The van der Waals surface area contributed by atoms with E-state index in [0.717, 1.165) is 11.3 Å². The smallest absolute Gasteiger partial charge is 0.259 e. The topological polar surface area (TPSA) is 98.2 Å². The van der Waals surface area contributed by atoms with Crippen molar-refractivity contribution in [2.75, 3.05) is 12.8 Å².